The minimum atomic E-state index is 0.256. The summed E-state index contributed by atoms with van der Waals surface area (Å²) in [5, 5.41) is 7.78. The molecule has 6 rings (SSSR count). The predicted octanol–water partition coefficient (Wildman–Crippen LogP) is 6.97. The second-order valence-electron chi connectivity index (χ2n) is 9.17. The Hall–Kier alpha value is -3.13. The van der Waals surface area contributed by atoms with Gasteiger partial charge in [-0.05, 0) is 40.3 Å². The Bertz CT molecular complexity index is 1510. The molecule has 3 aromatic heterocycles. The van der Waals surface area contributed by atoms with Crippen LogP contribution < -0.4 is 0 Å². The van der Waals surface area contributed by atoms with E-state index >= 15 is 0 Å². The molecule has 0 atom stereocenters. The first-order valence-electron chi connectivity index (χ1n) is 9.96. The van der Waals surface area contributed by atoms with Crippen molar-refractivity contribution in [1.29, 1.82) is 0 Å². The van der Waals surface area contributed by atoms with Gasteiger partial charge in [0.15, 0.2) is 0 Å². The van der Waals surface area contributed by atoms with Crippen LogP contribution in [0.15, 0.2) is 66.9 Å². The van der Waals surface area contributed by atoms with E-state index in [-0.39, 0.29) is 5.41 Å². The fraction of sp³-hybridized carbons (Fsp3) is 0.192. The van der Waals surface area contributed by atoms with Gasteiger partial charge in [0.25, 0.3) is 0 Å². The molecule has 3 aromatic carbocycles. The van der Waals surface area contributed by atoms with Crippen molar-refractivity contribution in [3.8, 4) is 0 Å². The molecule has 0 spiro atoms. The summed E-state index contributed by atoms with van der Waals surface area (Å²) in [7, 11) is 0. The molecule has 0 radical (unpaired) electrons. The molecular weight excluding hydrogens is 340 g/mol. The zero-order valence-electron chi connectivity index (χ0n) is 16.5. The van der Waals surface area contributed by atoms with Crippen molar-refractivity contribution in [1.82, 2.24) is 9.38 Å². The van der Waals surface area contributed by atoms with E-state index in [0.717, 1.165) is 12.1 Å². The first-order valence-corrected chi connectivity index (χ1v) is 9.96. The van der Waals surface area contributed by atoms with E-state index in [1.54, 1.807) is 0 Å². The van der Waals surface area contributed by atoms with E-state index < -0.39 is 0 Å². The largest absolute Gasteiger partial charge is 0.293 e. The maximum Gasteiger partial charge on any atom is 0.146 e. The monoisotopic (exact) mass is 362 g/mol. The summed E-state index contributed by atoms with van der Waals surface area (Å²) in [6.45, 7) is 6.91. The molecule has 0 unspecified atom stereocenters. The summed E-state index contributed by atoms with van der Waals surface area (Å²) in [5.74, 6) is 0. The summed E-state index contributed by atoms with van der Waals surface area (Å²) in [4.78, 5) is 4.85. The smallest absolute Gasteiger partial charge is 0.146 e. The zero-order valence-corrected chi connectivity index (χ0v) is 16.5. The highest BCUT2D eigenvalue weighted by Crippen LogP contribution is 2.40. The van der Waals surface area contributed by atoms with E-state index in [4.69, 9.17) is 4.98 Å². The number of hydrogen-bond acceptors (Lipinski definition) is 1. The Kier molecular flexibility index (Phi) is 2.97. The predicted molar refractivity (Wildman–Crippen MR) is 120 cm³/mol. The van der Waals surface area contributed by atoms with Crippen molar-refractivity contribution >= 4 is 49.0 Å². The minimum absolute atomic E-state index is 0.256. The lowest BCUT2D eigenvalue weighted by Crippen LogP contribution is -2.09. The highest BCUT2D eigenvalue weighted by atomic mass is 15.0. The summed E-state index contributed by atoms with van der Waals surface area (Å²) in [6.07, 6.45) is 3.02. The van der Waals surface area contributed by atoms with Gasteiger partial charge in [-0.15, -0.1) is 0 Å². The Balaban J connectivity index is 1.91. The van der Waals surface area contributed by atoms with Gasteiger partial charge in [-0.2, -0.15) is 0 Å². The lowest BCUT2D eigenvalue weighted by molar-refractivity contribution is 0.411. The van der Waals surface area contributed by atoms with E-state index in [1.807, 2.05) is 6.20 Å². The second-order valence-corrected chi connectivity index (χ2v) is 9.17. The number of hydrogen-bond donors (Lipinski definition) is 0. The zero-order chi connectivity index (χ0) is 19.0. The minimum Gasteiger partial charge on any atom is -0.293 e. The van der Waals surface area contributed by atoms with Gasteiger partial charge in [-0.3, -0.25) is 4.40 Å². The Morgan fingerprint density at radius 3 is 2.39 bits per heavy atom. The molecule has 0 amide bonds. The molecule has 0 bridgehead atoms. The van der Waals surface area contributed by atoms with Crippen LogP contribution in [0.25, 0.3) is 49.0 Å². The van der Waals surface area contributed by atoms with Gasteiger partial charge >= 0.3 is 0 Å². The SMILES string of the molecule is CC(C)(C)Cc1cc2ccnc3c2c(c1)c1cccc2c4ccccc4n3c12. The highest BCUT2D eigenvalue weighted by molar-refractivity contribution is 6.26. The third-order valence-corrected chi connectivity index (χ3v) is 5.83. The van der Waals surface area contributed by atoms with Crippen LogP contribution in [0.4, 0.5) is 0 Å². The summed E-state index contributed by atoms with van der Waals surface area (Å²) in [5.41, 5.74) is 5.22. The van der Waals surface area contributed by atoms with Gasteiger partial charge in [-0.1, -0.05) is 69.3 Å². The van der Waals surface area contributed by atoms with Gasteiger partial charge < -0.3 is 0 Å². The topological polar surface area (TPSA) is 17.3 Å². The fourth-order valence-electron chi connectivity index (χ4n) is 4.91. The second kappa shape index (κ2) is 5.23. The first kappa shape index (κ1) is 15.9. The number of rotatable bonds is 1. The van der Waals surface area contributed by atoms with Crippen LogP contribution in [-0.2, 0) is 6.42 Å². The number of aromatic nitrogens is 2. The lowest BCUT2D eigenvalue weighted by atomic mass is 9.86. The van der Waals surface area contributed by atoms with Crippen LogP contribution in [0, 0.1) is 5.41 Å². The van der Waals surface area contributed by atoms with Gasteiger partial charge in [0, 0.05) is 27.7 Å². The molecule has 0 saturated heterocycles. The first-order chi connectivity index (χ1) is 13.5. The average Bonchev–Trinajstić information content (AvgIpc) is 3.00. The average molecular weight is 362 g/mol. The fourth-order valence-corrected chi connectivity index (χ4v) is 4.91. The van der Waals surface area contributed by atoms with Crippen LogP contribution >= 0.6 is 0 Å². The van der Waals surface area contributed by atoms with E-state index in [9.17, 15) is 0 Å². The molecule has 0 aliphatic rings. The van der Waals surface area contributed by atoms with Gasteiger partial charge in [0.05, 0.1) is 11.0 Å². The summed E-state index contributed by atoms with van der Waals surface area (Å²) < 4.78 is 2.36. The van der Waals surface area contributed by atoms with E-state index in [1.165, 1.54) is 48.9 Å². The Morgan fingerprint density at radius 2 is 1.57 bits per heavy atom. The molecule has 0 N–H and O–H groups in total. The maximum absolute atomic E-state index is 4.85. The molecule has 2 nitrogen and oxygen atoms in total. The van der Waals surface area contributed by atoms with Crippen molar-refractivity contribution in [3.05, 3.63) is 72.4 Å². The number of para-hydroxylation sites is 2. The summed E-state index contributed by atoms with van der Waals surface area (Å²) in [6, 6.07) is 22.3. The van der Waals surface area contributed by atoms with Crippen molar-refractivity contribution < 1.29 is 0 Å². The van der Waals surface area contributed by atoms with Crippen molar-refractivity contribution in [2.24, 2.45) is 5.41 Å². The molecule has 136 valence electrons. The van der Waals surface area contributed by atoms with Gasteiger partial charge in [-0.25, -0.2) is 4.98 Å². The van der Waals surface area contributed by atoms with Crippen LogP contribution in [0.5, 0.6) is 0 Å². The van der Waals surface area contributed by atoms with E-state index in [0.29, 0.717) is 0 Å². The van der Waals surface area contributed by atoms with Crippen molar-refractivity contribution in [2.75, 3.05) is 0 Å². The van der Waals surface area contributed by atoms with Crippen LogP contribution in [0.2, 0.25) is 0 Å². The highest BCUT2D eigenvalue weighted by Gasteiger charge is 2.19. The molecule has 0 aliphatic carbocycles. The normalized spacial score (nSPS) is 13.0. The Morgan fingerprint density at radius 1 is 0.821 bits per heavy atom. The molecule has 3 heterocycles. The van der Waals surface area contributed by atoms with Crippen LogP contribution in [-0.4, -0.2) is 9.38 Å². The number of fused-ring (bicyclic) bond motifs is 5. The third kappa shape index (κ3) is 2.06. The molecule has 0 saturated carbocycles. The van der Waals surface area contributed by atoms with Crippen LogP contribution in [0.1, 0.15) is 26.3 Å². The van der Waals surface area contributed by atoms with Crippen LogP contribution in [0.3, 0.4) is 0 Å². The molecule has 0 fully saturated rings. The summed E-state index contributed by atoms with van der Waals surface area (Å²) >= 11 is 0. The number of benzene rings is 3. The third-order valence-electron chi connectivity index (χ3n) is 5.83. The molecule has 28 heavy (non-hydrogen) atoms. The lowest BCUT2D eigenvalue weighted by Gasteiger charge is -2.20. The quantitative estimate of drug-likeness (QED) is 0.228. The van der Waals surface area contributed by atoms with Crippen molar-refractivity contribution in [3.63, 3.8) is 0 Å². The molecule has 2 heteroatoms. The number of nitrogens with zero attached hydrogens (tertiary/aromatic N) is 2. The standard InChI is InChI=1S/C26H22N2/c1-26(2,3)15-16-13-17-11-12-27-25-23(17)21(14-16)20-9-6-8-19-18-7-4-5-10-22(18)28(25)24(19)20/h4-14H,15H2,1-3H3. The van der Waals surface area contributed by atoms with Crippen molar-refractivity contribution in [2.45, 2.75) is 27.2 Å². The molecule has 6 aromatic rings. The van der Waals surface area contributed by atoms with E-state index in [2.05, 4.69) is 85.8 Å². The Labute approximate surface area is 163 Å². The van der Waals surface area contributed by atoms with Gasteiger partial charge in [0.1, 0.15) is 5.65 Å². The molecular formula is C26H22N2. The molecule has 0 aliphatic heterocycles. The van der Waals surface area contributed by atoms with Gasteiger partial charge in [0.2, 0.25) is 0 Å². The number of pyridine rings is 2. The maximum atomic E-state index is 4.85.